The van der Waals surface area contributed by atoms with Crippen molar-refractivity contribution in [3.05, 3.63) is 117 Å². The Balaban J connectivity index is 1.70. The number of carbonyl (C=O) groups is 2. The third-order valence-corrected chi connectivity index (χ3v) is 6.39. The second-order valence-electron chi connectivity index (χ2n) is 8.67. The number of aromatic nitrogens is 3. The molecular weight excluding hydrogens is 495 g/mol. The number of halogens is 2. The summed E-state index contributed by atoms with van der Waals surface area (Å²) >= 11 is 6.16. The van der Waals surface area contributed by atoms with Gasteiger partial charge in [-0.1, -0.05) is 49.2 Å². The van der Waals surface area contributed by atoms with Crippen LogP contribution in [0, 0.1) is 5.82 Å². The van der Waals surface area contributed by atoms with Crippen molar-refractivity contribution in [3.63, 3.8) is 0 Å². The molecule has 2 aromatic heterocycles. The fraction of sp³-hybridized carbons (Fsp3) is 0.143. The lowest BCUT2D eigenvalue weighted by Crippen LogP contribution is -2.39. The van der Waals surface area contributed by atoms with Gasteiger partial charge in [0.15, 0.2) is 12.4 Å². The van der Waals surface area contributed by atoms with Crippen LogP contribution in [0.15, 0.2) is 83.9 Å². The molecule has 0 fully saturated rings. The predicted octanol–water partition coefficient (Wildman–Crippen LogP) is 4.14. The molecule has 0 saturated heterocycles. The van der Waals surface area contributed by atoms with E-state index in [-0.39, 0.29) is 23.4 Å². The Morgan fingerprint density at radius 1 is 0.946 bits per heavy atom. The zero-order valence-electron chi connectivity index (χ0n) is 19.9. The van der Waals surface area contributed by atoms with Crippen LogP contribution < -0.4 is 10.1 Å². The second-order valence-corrected chi connectivity index (χ2v) is 9.10. The van der Waals surface area contributed by atoms with Gasteiger partial charge in [-0.3, -0.25) is 24.4 Å². The van der Waals surface area contributed by atoms with E-state index in [1.54, 1.807) is 59.4 Å². The maximum atomic E-state index is 13.9. The summed E-state index contributed by atoms with van der Waals surface area (Å²) in [7, 11) is 0. The first-order valence-corrected chi connectivity index (χ1v) is 12.2. The number of imide groups is 1. The van der Waals surface area contributed by atoms with E-state index in [0.29, 0.717) is 34.8 Å². The zero-order valence-corrected chi connectivity index (χ0v) is 20.7. The molecule has 0 bridgehead atoms. The monoisotopic (exact) mass is 517 g/mol. The molecule has 0 radical (unpaired) electrons. The van der Waals surface area contributed by atoms with Gasteiger partial charge in [-0.2, -0.15) is 4.57 Å². The Labute approximate surface area is 217 Å². The number of hydrogen-bond donors (Lipinski definition) is 1. The number of hydrogen-bond acceptors (Lipinski definition) is 3. The molecule has 0 saturated carbocycles. The average Bonchev–Trinajstić information content (AvgIpc) is 3.33. The van der Waals surface area contributed by atoms with Gasteiger partial charge in [-0.15, -0.1) is 0 Å². The van der Waals surface area contributed by atoms with Crippen LogP contribution in [0.25, 0.3) is 17.0 Å². The van der Waals surface area contributed by atoms with Crippen LogP contribution in [0.2, 0.25) is 5.02 Å². The van der Waals surface area contributed by atoms with Crippen molar-refractivity contribution in [2.75, 3.05) is 0 Å². The van der Waals surface area contributed by atoms with Crippen LogP contribution in [0.5, 0.6) is 0 Å². The maximum absolute atomic E-state index is 13.9. The molecule has 0 spiro atoms. The first-order valence-electron chi connectivity index (χ1n) is 11.8. The minimum atomic E-state index is -0.590. The summed E-state index contributed by atoms with van der Waals surface area (Å²) in [5, 5.41) is 3.58. The van der Waals surface area contributed by atoms with Gasteiger partial charge in [0, 0.05) is 22.8 Å². The fourth-order valence-electron chi connectivity index (χ4n) is 4.46. The number of aryl methyl sites for hydroxylation is 1. The van der Waals surface area contributed by atoms with Crippen LogP contribution in [0.3, 0.4) is 0 Å². The van der Waals surface area contributed by atoms with E-state index in [9.17, 15) is 18.8 Å². The summed E-state index contributed by atoms with van der Waals surface area (Å²) in [5.74, 6) is -1.55. The molecule has 186 valence electrons. The van der Waals surface area contributed by atoms with Gasteiger partial charge in [0.25, 0.3) is 17.2 Å². The minimum Gasteiger partial charge on any atom is -0.294 e. The van der Waals surface area contributed by atoms with Crippen molar-refractivity contribution in [3.8, 4) is 5.69 Å². The lowest BCUT2D eigenvalue weighted by molar-refractivity contribution is -0.576. The summed E-state index contributed by atoms with van der Waals surface area (Å²) < 4.78 is 16.3. The van der Waals surface area contributed by atoms with E-state index in [2.05, 4.69) is 5.10 Å². The van der Waals surface area contributed by atoms with Gasteiger partial charge in [-0.25, -0.2) is 9.07 Å². The number of pyridine rings is 1. The molecule has 7 nitrogen and oxygen atoms in total. The van der Waals surface area contributed by atoms with Crippen molar-refractivity contribution < 1.29 is 18.5 Å². The van der Waals surface area contributed by atoms with Crippen molar-refractivity contribution in [1.82, 2.24) is 14.7 Å². The Morgan fingerprint density at radius 2 is 1.68 bits per heavy atom. The highest BCUT2D eigenvalue weighted by Gasteiger charge is 2.47. The molecule has 1 N–H and O–H groups in total. The van der Waals surface area contributed by atoms with Crippen LogP contribution in [-0.4, -0.2) is 26.5 Å². The van der Waals surface area contributed by atoms with Gasteiger partial charge in [0.1, 0.15) is 11.4 Å². The molecule has 0 unspecified atom stereocenters. The third kappa shape index (κ3) is 4.51. The molecule has 4 aromatic rings. The van der Waals surface area contributed by atoms with Crippen molar-refractivity contribution in [1.29, 1.82) is 0 Å². The Bertz CT molecular complexity index is 1590. The Hall–Kier alpha value is -4.30. The molecule has 0 aliphatic carbocycles. The molecule has 9 heteroatoms. The van der Waals surface area contributed by atoms with E-state index in [1.807, 2.05) is 6.92 Å². The highest BCUT2D eigenvalue weighted by molar-refractivity contribution is 6.44. The van der Waals surface area contributed by atoms with Gasteiger partial charge in [0.2, 0.25) is 0 Å². The number of carbonyl (C=O) groups excluding carboxylic acids is 2. The summed E-state index contributed by atoms with van der Waals surface area (Å²) in [6, 6.07) is 17.7. The standard InChI is InChI=1S/C28H22ClFN4O3/c1-2-7-22-23(27(36)34(31-22)21-9-6-8-19(29)16-21)24-25(32-14-4-3-5-15-32)28(37)33(26(24)35)17-18-10-12-20(30)13-11-18/h3-6,8-16H,2,7,17H2,1H3/p+1. The summed E-state index contributed by atoms with van der Waals surface area (Å²) in [6.45, 7) is 1.90. The van der Waals surface area contributed by atoms with E-state index >= 15 is 0 Å². The Morgan fingerprint density at radius 3 is 2.35 bits per heavy atom. The molecule has 1 aliphatic rings. The molecule has 2 aromatic carbocycles. The number of aromatic amines is 1. The number of nitrogens with one attached hydrogen (secondary N) is 1. The predicted molar refractivity (Wildman–Crippen MR) is 137 cm³/mol. The van der Waals surface area contributed by atoms with Gasteiger partial charge < -0.3 is 0 Å². The largest absolute Gasteiger partial charge is 0.327 e. The smallest absolute Gasteiger partial charge is 0.294 e. The maximum Gasteiger partial charge on any atom is 0.327 e. The Kier molecular flexibility index (Phi) is 6.58. The molecule has 2 amide bonds. The quantitative estimate of drug-likeness (QED) is 0.296. The number of benzene rings is 2. The van der Waals surface area contributed by atoms with Gasteiger partial charge in [0.05, 0.1) is 17.8 Å². The van der Waals surface area contributed by atoms with E-state index in [0.717, 1.165) is 4.90 Å². The van der Waals surface area contributed by atoms with Crippen molar-refractivity contribution >= 4 is 34.7 Å². The first kappa shape index (κ1) is 24.4. The normalized spacial score (nSPS) is 13.6. The fourth-order valence-corrected chi connectivity index (χ4v) is 4.64. The van der Waals surface area contributed by atoms with E-state index in [1.165, 1.54) is 28.9 Å². The number of nitrogens with zero attached hydrogens (tertiary/aromatic N) is 3. The molecule has 0 atom stereocenters. The molecule has 1 aliphatic heterocycles. The lowest BCUT2D eigenvalue weighted by Gasteiger charge is -2.14. The summed E-state index contributed by atoms with van der Waals surface area (Å²) in [4.78, 5) is 42.4. The number of H-pyrrole nitrogens is 1. The van der Waals surface area contributed by atoms with Gasteiger partial charge >= 0.3 is 5.91 Å². The van der Waals surface area contributed by atoms with E-state index in [4.69, 9.17) is 11.6 Å². The molecular formula is C28H23ClFN4O3+. The second kappa shape index (κ2) is 9.99. The van der Waals surface area contributed by atoms with Crippen LogP contribution in [0.1, 0.15) is 30.2 Å². The summed E-state index contributed by atoms with van der Waals surface area (Å²) in [5.41, 5.74) is 1.43. The highest BCUT2D eigenvalue weighted by atomic mass is 35.5. The van der Waals surface area contributed by atoms with E-state index < -0.39 is 23.2 Å². The molecule has 5 rings (SSSR count). The topological polar surface area (TPSA) is 79.1 Å². The van der Waals surface area contributed by atoms with Crippen LogP contribution >= 0.6 is 11.6 Å². The minimum absolute atomic E-state index is 0.0220. The SMILES string of the molecule is CCCc1[nH]n(-c2cccc(Cl)c2)c(=O)c1C1=C([n+]2ccccc2)C(=O)N(Cc2ccc(F)cc2)C1=O. The lowest BCUT2D eigenvalue weighted by atomic mass is 10.0. The molecule has 37 heavy (non-hydrogen) atoms. The number of amides is 2. The molecule has 3 heterocycles. The van der Waals surface area contributed by atoms with Gasteiger partial charge in [-0.05, 0) is 42.3 Å². The zero-order chi connectivity index (χ0) is 26.1. The summed E-state index contributed by atoms with van der Waals surface area (Å²) in [6.07, 6.45) is 4.49. The van der Waals surface area contributed by atoms with Crippen LogP contribution in [0.4, 0.5) is 4.39 Å². The highest BCUT2D eigenvalue weighted by Crippen LogP contribution is 2.31. The van der Waals surface area contributed by atoms with Crippen molar-refractivity contribution in [2.45, 2.75) is 26.3 Å². The number of rotatable bonds is 7. The van der Waals surface area contributed by atoms with Crippen molar-refractivity contribution in [2.24, 2.45) is 0 Å². The van der Waals surface area contributed by atoms with Crippen LogP contribution in [-0.2, 0) is 22.6 Å². The first-order chi connectivity index (χ1) is 17.9. The third-order valence-electron chi connectivity index (χ3n) is 6.15. The average molecular weight is 518 g/mol.